The van der Waals surface area contributed by atoms with Gasteiger partial charge in [0.1, 0.15) is 11.3 Å². The quantitative estimate of drug-likeness (QED) is 0.397. The fourth-order valence-corrected chi connectivity index (χ4v) is 3.29. The molecule has 180 valence electrons. The summed E-state index contributed by atoms with van der Waals surface area (Å²) in [5.41, 5.74) is -0.555. The zero-order valence-electron chi connectivity index (χ0n) is 19.1. The van der Waals surface area contributed by atoms with Gasteiger partial charge >= 0.3 is 17.6 Å². The van der Waals surface area contributed by atoms with Crippen LogP contribution in [0.5, 0.6) is 0 Å². The first-order valence-corrected chi connectivity index (χ1v) is 10.9. The summed E-state index contributed by atoms with van der Waals surface area (Å²) in [7, 11) is 0. The fourth-order valence-electron chi connectivity index (χ4n) is 3.29. The van der Waals surface area contributed by atoms with Crippen molar-refractivity contribution in [2.24, 2.45) is 4.99 Å². The highest BCUT2D eigenvalue weighted by molar-refractivity contribution is 6.12. The third-order valence-electron chi connectivity index (χ3n) is 4.97. The first-order chi connectivity index (χ1) is 17.4. The molecular weight excluding hydrogens is 464 g/mol. The summed E-state index contributed by atoms with van der Waals surface area (Å²) < 4.78 is 15.6. The van der Waals surface area contributed by atoms with Gasteiger partial charge in [0.25, 0.3) is 5.91 Å². The van der Waals surface area contributed by atoms with Gasteiger partial charge in [-0.15, -0.1) is 0 Å². The lowest BCUT2D eigenvalue weighted by atomic mass is 10.1. The van der Waals surface area contributed by atoms with E-state index in [1.807, 2.05) is 6.07 Å². The number of esters is 2. The van der Waals surface area contributed by atoms with Gasteiger partial charge in [0, 0.05) is 16.7 Å². The Kier molecular flexibility index (Phi) is 7.01. The minimum atomic E-state index is -0.927. The third kappa shape index (κ3) is 5.20. The molecule has 0 fully saturated rings. The predicted molar refractivity (Wildman–Crippen MR) is 132 cm³/mol. The first-order valence-electron chi connectivity index (χ1n) is 10.9. The van der Waals surface area contributed by atoms with Gasteiger partial charge in [0.05, 0.1) is 6.61 Å². The van der Waals surface area contributed by atoms with Gasteiger partial charge < -0.3 is 19.2 Å². The fraction of sp³-hybridized carbons (Fsp3) is 0.0741. The molecule has 2 heterocycles. The van der Waals surface area contributed by atoms with Gasteiger partial charge in [-0.3, -0.25) is 4.79 Å². The average molecular weight is 484 g/mol. The van der Waals surface area contributed by atoms with E-state index in [1.165, 1.54) is 6.08 Å². The number of benzene rings is 2. The van der Waals surface area contributed by atoms with Crippen molar-refractivity contribution in [1.82, 2.24) is 0 Å². The van der Waals surface area contributed by atoms with Crippen LogP contribution in [0.4, 0.5) is 5.69 Å². The molecule has 0 radical (unpaired) electrons. The summed E-state index contributed by atoms with van der Waals surface area (Å²) in [6.45, 7) is 5.48. The number of carbonyl (C=O) groups excluding carboxylic acids is 3. The molecular formula is C27H20N2O7. The van der Waals surface area contributed by atoms with E-state index in [2.05, 4.69) is 16.9 Å². The highest BCUT2D eigenvalue weighted by atomic mass is 16.6. The monoisotopic (exact) mass is 484 g/mol. The Morgan fingerprint density at radius 2 is 1.72 bits per heavy atom. The highest BCUT2D eigenvalue weighted by Gasteiger charge is 2.26. The Hall–Kier alpha value is -5.05. The molecule has 0 bridgehead atoms. The van der Waals surface area contributed by atoms with Crippen molar-refractivity contribution in [3.8, 4) is 0 Å². The van der Waals surface area contributed by atoms with Crippen LogP contribution in [0.3, 0.4) is 0 Å². The number of nitrogens with one attached hydrogen (secondary N) is 1. The number of hydrogen-bond acceptors (Lipinski definition) is 8. The van der Waals surface area contributed by atoms with Crippen LogP contribution in [0.25, 0.3) is 5.57 Å². The molecule has 0 spiro atoms. The molecule has 9 nitrogen and oxygen atoms in total. The van der Waals surface area contributed by atoms with E-state index >= 15 is 0 Å². The largest absolute Gasteiger partial charge is 0.462 e. The van der Waals surface area contributed by atoms with Crippen molar-refractivity contribution < 1.29 is 28.3 Å². The Labute approximate surface area is 205 Å². The van der Waals surface area contributed by atoms with Crippen LogP contribution in [-0.2, 0) is 14.3 Å². The third-order valence-corrected chi connectivity index (χ3v) is 4.97. The van der Waals surface area contributed by atoms with E-state index < -0.39 is 23.5 Å². The normalized spacial score (nSPS) is 13.6. The minimum absolute atomic E-state index is 0.00102. The molecule has 0 unspecified atom stereocenters. The van der Waals surface area contributed by atoms with Gasteiger partial charge in [0.2, 0.25) is 5.90 Å². The minimum Gasteiger partial charge on any atom is -0.462 e. The molecule has 0 saturated carbocycles. The molecule has 0 saturated heterocycles. The second-order valence-electron chi connectivity index (χ2n) is 7.46. The van der Waals surface area contributed by atoms with Gasteiger partial charge in [-0.25, -0.2) is 19.4 Å². The van der Waals surface area contributed by atoms with Crippen LogP contribution in [0.1, 0.15) is 39.0 Å². The van der Waals surface area contributed by atoms with E-state index in [-0.39, 0.29) is 40.8 Å². The maximum Gasteiger partial charge on any atom is 0.363 e. The topological polar surface area (TPSA) is 124 Å². The average Bonchev–Trinajstić information content (AvgIpc) is 3.26. The summed E-state index contributed by atoms with van der Waals surface area (Å²) in [5.74, 6) is -2.25. The second-order valence-corrected chi connectivity index (χ2v) is 7.46. The highest BCUT2D eigenvalue weighted by Crippen LogP contribution is 2.25. The van der Waals surface area contributed by atoms with Crippen LogP contribution >= 0.6 is 0 Å². The molecule has 1 aliphatic rings. The number of hydrogen-bond donors (Lipinski definition) is 1. The van der Waals surface area contributed by atoms with Crippen molar-refractivity contribution in [3.05, 3.63) is 118 Å². The zero-order valence-corrected chi connectivity index (χ0v) is 19.1. The van der Waals surface area contributed by atoms with Crippen molar-refractivity contribution >= 4 is 35.0 Å². The Balaban J connectivity index is 1.69. The van der Waals surface area contributed by atoms with Crippen molar-refractivity contribution in [3.63, 3.8) is 0 Å². The van der Waals surface area contributed by atoms with Gasteiger partial charge in [0.15, 0.2) is 11.5 Å². The number of anilines is 1. The number of aliphatic imine (C=N–C) groups is 1. The van der Waals surface area contributed by atoms with Gasteiger partial charge in [-0.1, -0.05) is 43.0 Å². The summed E-state index contributed by atoms with van der Waals surface area (Å²) in [5, 5.41) is 2.44. The van der Waals surface area contributed by atoms with Gasteiger partial charge in [-0.05, 0) is 43.3 Å². The lowest BCUT2D eigenvalue weighted by Crippen LogP contribution is -2.20. The molecule has 1 aliphatic heterocycles. The summed E-state index contributed by atoms with van der Waals surface area (Å²) in [6, 6.07) is 18.2. The second kappa shape index (κ2) is 10.5. The van der Waals surface area contributed by atoms with E-state index in [4.69, 9.17) is 13.9 Å². The number of carbonyl (C=O) groups is 3. The summed E-state index contributed by atoms with van der Waals surface area (Å²) in [4.78, 5) is 54.3. The number of allylic oxidation sites excluding steroid dienone is 2. The Morgan fingerprint density at radius 1 is 1.06 bits per heavy atom. The van der Waals surface area contributed by atoms with Crippen LogP contribution in [0.2, 0.25) is 0 Å². The number of ether oxygens (including phenoxy) is 2. The molecule has 3 aromatic rings. The Bertz CT molecular complexity index is 1470. The summed E-state index contributed by atoms with van der Waals surface area (Å²) in [6.07, 6.45) is 1.24. The molecule has 1 aromatic heterocycles. The SMILES string of the molecule is C=C(/C=C1/N=C(c2ccccc2)OC1=O)c1oc(=O)c(NC(=O)c2ccccc2)cc1C(=O)OCC. The first kappa shape index (κ1) is 24.1. The number of amides is 1. The van der Waals surface area contributed by atoms with Crippen LogP contribution in [-0.4, -0.2) is 30.4 Å². The van der Waals surface area contributed by atoms with Gasteiger partial charge in [-0.2, -0.15) is 0 Å². The van der Waals surface area contributed by atoms with Crippen molar-refractivity contribution in [2.45, 2.75) is 6.92 Å². The smallest absolute Gasteiger partial charge is 0.363 e. The Morgan fingerprint density at radius 3 is 2.39 bits per heavy atom. The zero-order chi connectivity index (χ0) is 25.7. The summed E-state index contributed by atoms with van der Waals surface area (Å²) >= 11 is 0. The van der Waals surface area contributed by atoms with E-state index in [1.54, 1.807) is 61.5 Å². The number of cyclic esters (lactones) is 1. The molecule has 0 aliphatic carbocycles. The van der Waals surface area contributed by atoms with Crippen LogP contribution in [0.15, 0.2) is 99.3 Å². The number of nitrogens with zero attached hydrogens (tertiary/aromatic N) is 1. The van der Waals surface area contributed by atoms with E-state index in [9.17, 15) is 19.2 Å². The maximum atomic E-state index is 12.7. The standard InChI is InChI=1S/C27H20N2O7/c1-3-34-25(31)19-15-21(28-23(30)17-10-6-4-7-11-17)26(32)35-22(19)16(2)14-20-27(33)36-24(29-20)18-12-8-5-9-13-18/h4-15H,2-3H2,1H3,(H,28,30)/b20-14+. The lowest BCUT2D eigenvalue weighted by molar-refractivity contribution is -0.130. The van der Waals surface area contributed by atoms with E-state index in [0.29, 0.717) is 11.1 Å². The van der Waals surface area contributed by atoms with E-state index in [0.717, 1.165) is 6.07 Å². The molecule has 2 aromatic carbocycles. The van der Waals surface area contributed by atoms with Crippen molar-refractivity contribution in [1.29, 1.82) is 0 Å². The molecule has 36 heavy (non-hydrogen) atoms. The molecule has 0 atom stereocenters. The predicted octanol–water partition coefficient (Wildman–Crippen LogP) is 3.97. The van der Waals surface area contributed by atoms with Crippen molar-refractivity contribution in [2.75, 3.05) is 11.9 Å². The number of rotatable bonds is 7. The van der Waals surface area contributed by atoms with Crippen LogP contribution < -0.4 is 10.9 Å². The van der Waals surface area contributed by atoms with Crippen LogP contribution in [0, 0.1) is 0 Å². The maximum absolute atomic E-state index is 12.7. The molecule has 1 amide bonds. The molecule has 1 N–H and O–H groups in total. The lowest BCUT2D eigenvalue weighted by Gasteiger charge is -2.10. The molecule has 4 rings (SSSR count). The molecule has 9 heteroatoms.